The number of aromatic nitrogens is 2. The van der Waals surface area contributed by atoms with Crippen LogP contribution >= 0.6 is 0 Å². The molecule has 0 amide bonds. The second-order valence-electron chi connectivity index (χ2n) is 4.26. The van der Waals surface area contributed by atoms with E-state index in [1.807, 2.05) is 0 Å². The summed E-state index contributed by atoms with van der Waals surface area (Å²) in [5.41, 5.74) is 5.48. The van der Waals surface area contributed by atoms with E-state index in [0.717, 1.165) is 18.2 Å². The van der Waals surface area contributed by atoms with Crippen molar-refractivity contribution in [3.8, 4) is 0 Å². The molecule has 1 unspecified atom stereocenters. The van der Waals surface area contributed by atoms with Gasteiger partial charge in [-0.15, -0.1) is 0 Å². The Balaban J connectivity index is 1.89. The smallest absolute Gasteiger partial charge is 0.144 e. The van der Waals surface area contributed by atoms with Gasteiger partial charge < -0.3 is 11.1 Å². The molecule has 1 saturated carbocycles. The van der Waals surface area contributed by atoms with Crippen LogP contribution in [-0.2, 0) is 0 Å². The topological polar surface area (TPSA) is 63.8 Å². The van der Waals surface area contributed by atoms with Gasteiger partial charge in [-0.05, 0) is 18.8 Å². The third-order valence-electron chi connectivity index (χ3n) is 2.83. The summed E-state index contributed by atoms with van der Waals surface area (Å²) in [5.74, 6) is 2.23. The van der Waals surface area contributed by atoms with Crippen LogP contribution in [0.25, 0.3) is 0 Å². The van der Waals surface area contributed by atoms with Crippen LogP contribution < -0.4 is 11.1 Å². The first-order valence-corrected chi connectivity index (χ1v) is 5.62. The highest BCUT2D eigenvalue weighted by Crippen LogP contribution is 2.34. The molecule has 3 N–H and O–H groups in total. The molecule has 0 spiro atoms. The maximum atomic E-state index is 5.48. The zero-order valence-corrected chi connectivity index (χ0v) is 9.11. The Labute approximate surface area is 90.3 Å². The van der Waals surface area contributed by atoms with E-state index in [-0.39, 0.29) is 0 Å². The maximum absolute atomic E-state index is 5.48. The highest BCUT2D eigenvalue weighted by atomic mass is 15.0. The van der Waals surface area contributed by atoms with E-state index in [1.54, 1.807) is 12.4 Å². The van der Waals surface area contributed by atoms with Crippen LogP contribution in [0.1, 0.15) is 32.6 Å². The molecular weight excluding hydrogens is 188 g/mol. The Morgan fingerprint density at radius 2 is 2.27 bits per heavy atom. The Morgan fingerprint density at radius 3 is 2.80 bits per heavy atom. The number of nitrogens with two attached hydrogens (primary N) is 1. The predicted molar refractivity (Wildman–Crippen MR) is 61.5 cm³/mol. The third-order valence-corrected chi connectivity index (χ3v) is 2.83. The first-order chi connectivity index (χ1) is 7.28. The fourth-order valence-corrected chi connectivity index (χ4v) is 1.71. The average Bonchev–Trinajstić information content (AvgIpc) is 3.04. The lowest BCUT2D eigenvalue weighted by molar-refractivity contribution is 0.585. The molecule has 1 atom stereocenters. The quantitative estimate of drug-likeness (QED) is 0.774. The van der Waals surface area contributed by atoms with Crippen molar-refractivity contribution in [3.05, 3.63) is 12.4 Å². The highest BCUT2D eigenvalue weighted by molar-refractivity contribution is 5.36. The number of anilines is 2. The van der Waals surface area contributed by atoms with Crippen LogP contribution in [0.2, 0.25) is 0 Å². The van der Waals surface area contributed by atoms with Crippen LogP contribution in [0.3, 0.4) is 0 Å². The summed E-state index contributed by atoms with van der Waals surface area (Å²) in [4.78, 5) is 8.21. The van der Waals surface area contributed by atoms with E-state index in [1.165, 1.54) is 19.3 Å². The summed E-state index contributed by atoms with van der Waals surface area (Å²) < 4.78 is 0. The molecular formula is C11H18N4. The van der Waals surface area contributed by atoms with Gasteiger partial charge in [0.25, 0.3) is 0 Å². The second-order valence-corrected chi connectivity index (χ2v) is 4.26. The molecule has 0 radical (unpaired) electrons. The van der Waals surface area contributed by atoms with Gasteiger partial charge in [-0.1, -0.05) is 19.8 Å². The molecule has 0 saturated heterocycles. The molecule has 15 heavy (non-hydrogen) atoms. The molecule has 1 aliphatic rings. The molecule has 2 rings (SSSR count). The van der Waals surface area contributed by atoms with Gasteiger partial charge in [0.05, 0.1) is 12.4 Å². The number of hydrogen-bond donors (Lipinski definition) is 2. The van der Waals surface area contributed by atoms with E-state index in [4.69, 9.17) is 5.73 Å². The maximum Gasteiger partial charge on any atom is 0.144 e. The SMILES string of the molecule is CCC(CC1CC1)Nc1cnc(N)cn1. The summed E-state index contributed by atoms with van der Waals surface area (Å²) in [7, 11) is 0. The van der Waals surface area contributed by atoms with Crippen LogP contribution in [-0.4, -0.2) is 16.0 Å². The summed E-state index contributed by atoms with van der Waals surface area (Å²) >= 11 is 0. The van der Waals surface area contributed by atoms with Crippen molar-refractivity contribution in [3.63, 3.8) is 0 Å². The zero-order valence-electron chi connectivity index (χ0n) is 9.11. The summed E-state index contributed by atoms with van der Waals surface area (Å²) in [5, 5.41) is 3.40. The first kappa shape index (κ1) is 10.2. The normalized spacial score (nSPS) is 17.4. The Morgan fingerprint density at radius 1 is 1.47 bits per heavy atom. The minimum absolute atomic E-state index is 0.468. The summed E-state index contributed by atoms with van der Waals surface area (Å²) in [6.07, 6.45) is 8.46. The number of nitrogen functional groups attached to an aromatic ring is 1. The van der Waals surface area contributed by atoms with E-state index in [2.05, 4.69) is 22.2 Å². The zero-order chi connectivity index (χ0) is 10.7. The molecule has 82 valence electrons. The number of rotatable bonds is 5. The minimum atomic E-state index is 0.468. The monoisotopic (exact) mass is 206 g/mol. The van der Waals surface area contributed by atoms with Crippen LogP contribution in [0.15, 0.2) is 12.4 Å². The molecule has 0 aromatic carbocycles. The number of nitrogens with zero attached hydrogens (tertiary/aromatic N) is 2. The van der Waals surface area contributed by atoms with Gasteiger partial charge >= 0.3 is 0 Å². The van der Waals surface area contributed by atoms with Gasteiger partial charge in [0, 0.05) is 6.04 Å². The van der Waals surface area contributed by atoms with Crippen molar-refractivity contribution in [1.82, 2.24) is 9.97 Å². The lowest BCUT2D eigenvalue weighted by atomic mass is 10.1. The Bertz CT molecular complexity index is 305. The van der Waals surface area contributed by atoms with E-state index >= 15 is 0 Å². The minimum Gasteiger partial charge on any atom is -0.382 e. The predicted octanol–water partition coefficient (Wildman–Crippen LogP) is 2.05. The second kappa shape index (κ2) is 4.47. The molecule has 1 aliphatic carbocycles. The lowest BCUT2D eigenvalue weighted by Gasteiger charge is -2.16. The molecule has 1 fully saturated rings. The molecule has 1 aromatic rings. The molecule has 1 aromatic heterocycles. The van der Waals surface area contributed by atoms with Crippen molar-refractivity contribution in [2.45, 2.75) is 38.6 Å². The Kier molecular flexibility index (Phi) is 3.04. The first-order valence-electron chi connectivity index (χ1n) is 5.62. The number of hydrogen-bond acceptors (Lipinski definition) is 4. The van der Waals surface area contributed by atoms with E-state index in [0.29, 0.717) is 11.9 Å². The summed E-state index contributed by atoms with van der Waals surface area (Å²) in [6, 6.07) is 0.524. The van der Waals surface area contributed by atoms with Crippen molar-refractivity contribution in [2.75, 3.05) is 11.1 Å². The average molecular weight is 206 g/mol. The Hall–Kier alpha value is -1.32. The molecule has 4 nitrogen and oxygen atoms in total. The van der Waals surface area contributed by atoms with Gasteiger partial charge in [0.15, 0.2) is 0 Å². The van der Waals surface area contributed by atoms with Crippen molar-refractivity contribution in [1.29, 1.82) is 0 Å². The lowest BCUT2D eigenvalue weighted by Crippen LogP contribution is -2.20. The molecule has 4 heteroatoms. The van der Waals surface area contributed by atoms with E-state index in [9.17, 15) is 0 Å². The largest absolute Gasteiger partial charge is 0.382 e. The van der Waals surface area contributed by atoms with Crippen LogP contribution in [0.4, 0.5) is 11.6 Å². The van der Waals surface area contributed by atoms with Gasteiger partial charge in [-0.3, -0.25) is 0 Å². The van der Waals surface area contributed by atoms with Gasteiger partial charge in [-0.2, -0.15) is 0 Å². The fraction of sp³-hybridized carbons (Fsp3) is 0.636. The van der Waals surface area contributed by atoms with Crippen molar-refractivity contribution >= 4 is 11.6 Å². The molecule has 0 bridgehead atoms. The van der Waals surface area contributed by atoms with Crippen molar-refractivity contribution in [2.24, 2.45) is 5.92 Å². The highest BCUT2D eigenvalue weighted by Gasteiger charge is 2.24. The fourth-order valence-electron chi connectivity index (χ4n) is 1.71. The van der Waals surface area contributed by atoms with Gasteiger partial charge in [0.2, 0.25) is 0 Å². The number of nitrogens with one attached hydrogen (secondary N) is 1. The standard InChI is InChI=1S/C11H18N4/c1-2-9(5-8-3-4-8)15-11-7-13-10(12)6-14-11/h6-9H,2-5H2,1H3,(H2,12,13)(H,14,15). The molecule has 1 heterocycles. The van der Waals surface area contributed by atoms with Gasteiger partial charge in [-0.25, -0.2) is 9.97 Å². The summed E-state index contributed by atoms with van der Waals surface area (Å²) in [6.45, 7) is 2.20. The van der Waals surface area contributed by atoms with Crippen LogP contribution in [0.5, 0.6) is 0 Å². The van der Waals surface area contributed by atoms with E-state index < -0.39 is 0 Å². The van der Waals surface area contributed by atoms with Gasteiger partial charge in [0.1, 0.15) is 11.6 Å². The third kappa shape index (κ3) is 3.08. The van der Waals surface area contributed by atoms with Crippen LogP contribution in [0, 0.1) is 5.92 Å². The van der Waals surface area contributed by atoms with Crippen molar-refractivity contribution < 1.29 is 0 Å². The molecule has 0 aliphatic heterocycles.